The Labute approximate surface area is 210 Å². The van der Waals surface area contributed by atoms with Crippen molar-refractivity contribution in [1.82, 2.24) is 20.4 Å². The van der Waals surface area contributed by atoms with Gasteiger partial charge < -0.3 is 15.5 Å². The van der Waals surface area contributed by atoms with Gasteiger partial charge in [-0.2, -0.15) is 11.8 Å². The largest absolute Gasteiger partial charge is 0.356 e. The Kier molecular flexibility index (Phi) is 11.5. The van der Waals surface area contributed by atoms with E-state index >= 15 is 0 Å². The summed E-state index contributed by atoms with van der Waals surface area (Å²) in [4.78, 5) is 31.7. The van der Waals surface area contributed by atoms with E-state index in [0.717, 1.165) is 69.3 Å². The lowest BCUT2D eigenvalue weighted by molar-refractivity contribution is -0.384. The smallest absolute Gasteiger partial charge is 0.269 e. The number of thioether (sulfide) groups is 1. The molecule has 3 rings (SSSR count). The Bertz CT molecular complexity index is 767. The molecule has 2 N–H and O–H groups in total. The third kappa shape index (κ3) is 9.10. The van der Waals surface area contributed by atoms with Crippen LogP contribution < -0.4 is 10.6 Å². The van der Waals surface area contributed by atoms with E-state index in [9.17, 15) is 14.9 Å². The molecule has 0 atom stereocenters. The number of carbonyl (C=O) groups is 1. The van der Waals surface area contributed by atoms with Crippen molar-refractivity contribution in [3.63, 3.8) is 0 Å². The molecule has 1 aliphatic carbocycles. The number of nitro benzene ring substituents is 1. The molecule has 0 bridgehead atoms. The summed E-state index contributed by atoms with van der Waals surface area (Å²) < 4.78 is 0. The minimum Gasteiger partial charge on any atom is -0.356 e. The van der Waals surface area contributed by atoms with E-state index in [0.29, 0.717) is 19.1 Å². The third-order valence-corrected chi connectivity index (χ3v) is 6.05. The van der Waals surface area contributed by atoms with Gasteiger partial charge in [-0.15, -0.1) is 24.0 Å². The van der Waals surface area contributed by atoms with Crippen LogP contribution in [0, 0.1) is 10.1 Å². The number of nitrogens with one attached hydrogen (secondary N) is 2. The Hall–Kier alpha value is -1.60. The molecule has 1 aliphatic heterocycles. The summed E-state index contributed by atoms with van der Waals surface area (Å²) in [7, 11) is 0. The molecule has 0 aromatic heterocycles. The van der Waals surface area contributed by atoms with Crippen molar-refractivity contribution in [2.45, 2.75) is 31.8 Å². The van der Waals surface area contributed by atoms with Crippen LogP contribution in [0.1, 0.15) is 24.8 Å². The first kappa shape index (κ1) is 26.7. The fraction of sp³-hybridized carbons (Fsp3) is 0.619. The molecule has 9 nitrogen and oxygen atoms in total. The highest BCUT2D eigenvalue weighted by atomic mass is 127. The van der Waals surface area contributed by atoms with Gasteiger partial charge in [-0.05, 0) is 36.8 Å². The van der Waals surface area contributed by atoms with Gasteiger partial charge in [0.2, 0.25) is 5.91 Å². The summed E-state index contributed by atoms with van der Waals surface area (Å²) in [6, 6.07) is 6.94. The van der Waals surface area contributed by atoms with Crippen molar-refractivity contribution in [2.24, 2.45) is 4.99 Å². The van der Waals surface area contributed by atoms with Crippen LogP contribution in [0.2, 0.25) is 0 Å². The van der Waals surface area contributed by atoms with Gasteiger partial charge >= 0.3 is 0 Å². The molecule has 11 heteroatoms. The predicted molar refractivity (Wildman–Crippen MR) is 140 cm³/mol. The highest BCUT2D eigenvalue weighted by Gasteiger charge is 2.26. The van der Waals surface area contributed by atoms with Crippen molar-refractivity contribution in [3.05, 3.63) is 39.9 Å². The summed E-state index contributed by atoms with van der Waals surface area (Å²) in [6.45, 7) is 5.04. The molecule has 0 radical (unpaired) electrons. The van der Waals surface area contributed by atoms with Crippen molar-refractivity contribution in [1.29, 1.82) is 0 Å². The van der Waals surface area contributed by atoms with E-state index in [1.165, 1.54) is 12.1 Å². The van der Waals surface area contributed by atoms with E-state index in [2.05, 4.69) is 26.7 Å². The number of piperazine rings is 1. The molecular formula is C21H33IN6O3S. The maximum Gasteiger partial charge on any atom is 0.269 e. The molecule has 2 fully saturated rings. The zero-order chi connectivity index (χ0) is 22.1. The number of guanidine groups is 1. The molecule has 32 heavy (non-hydrogen) atoms. The highest BCUT2D eigenvalue weighted by Crippen LogP contribution is 2.18. The van der Waals surface area contributed by atoms with Crippen molar-refractivity contribution in [3.8, 4) is 0 Å². The first-order chi connectivity index (χ1) is 15.0. The predicted octanol–water partition coefficient (Wildman–Crippen LogP) is 2.31. The van der Waals surface area contributed by atoms with Crippen molar-refractivity contribution < 1.29 is 9.72 Å². The van der Waals surface area contributed by atoms with Crippen LogP contribution >= 0.6 is 35.7 Å². The van der Waals surface area contributed by atoms with Gasteiger partial charge in [-0.3, -0.25) is 19.8 Å². The number of aliphatic imine (C=N–C) groups is 1. The SMILES string of the molecule is CSCCCNC(=NCc1ccc([N+](=O)[O-])cc1)N1CCN(CC(=O)NC2CC2)CC1.I. The number of carbonyl (C=O) groups excluding carboxylic acids is 1. The molecule has 1 aromatic carbocycles. The van der Waals surface area contributed by atoms with Gasteiger partial charge in [0.15, 0.2) is 5.96 Å². The monoisotopic (exact) mass is 576 g/mol. The molecule has 1 saturated heterocycles. The zero-order valence-electron chi connectivity index (χ0n) is 18.5. The topological polar surface area (TPSA) is 103 Å². The summed E-state index contributed by atoms with van der Waals surface area (Å²) >= 11 is 1.82. The Morgan fingerprint density at radius 3 is 2.50 bits per heavy atom. The second kappa shape index (κ2) is 13.8. The van der Waals surface area contributed by atoms with Gasteiger partial charge in [0.25, 0.3) is 5.69 Å². The number of hydrogen-bond donors (Lipinski definition) is 2. The lowest BCUT2D eigenvalue weighted by Crippen LogP contribution is -2.54. The van der Waals surface area contributed by atoms with Crippen LogP contribution in [-0.2, 0) is 11.3 Å². The zero-order valence-corrected chi connectivity index (χ0v) is 21.6. The number of nitro groups is 1. The molecular weight excluding hydrogens is 543 g/mol. The summed E-state index contributed by atoms with van der Waals surface area (Å²) in [5, 5.41) is 17.4. The minimum absolute atomic E-state index is 0. The lowest BCUT2D eigenvalue weighted by Gasteiger charge is -2.36. The van der Waals surface area contributed by atoms with Gasteiger partial charge in [-0.25, -0.2) is 4.99 Å². The Morgan fingerprint density at radius 1 is 1.22 bits per heavy atom. The number of non-ortho nitro benzene ring substituents is 1. The van der Waals surface area contributed by atoms with Crippen molar-refractivity contribution >= 4 is 53.3 Å². The standard InChI is InChI=1S/C21H32N6O3S.HI/c1-31-14-2-9-22-21(23-15-17-3-7-19(8-4-17)27(29)30)26-12-10-25(11-13-26)16-20(28)24-18-5-6-18;/h3-4,7-8,18H,2,5-6,9-16H2,1H3,(H,22,23)(H,24,28);1H. The van der Waals surface area contributed by atoms with Gasteiger partial charge in [0.05, 0.1) is 18.0 Å². The number of benzene rings is 1. The fourth-order valence-corrected chi connectivity index (χ4v) is 3.83. The molecule has 178 valence electrons. The number of amides is 1. The quantitative estimate of drug-likeness (QED) is 0.110. The van der Waals surface area contributed by atoms with Gasteiger partial charge in [-0.1, -0.05) is 12.1 Å². The van der Waals surface area contributed by atoms with E-state index in [4.69, 9.17) is 4.99 Å². The van der Waals surface area contributed by atoms with Gasteiger partial charge in [0, 0.05) is 50.9 Å². The van der Waals surface area contributed by atoms with E-state index in [1.807, 2.05) is 11.8 Å². The second-order valence-corrected chi connectivity index (χ2v) is 8.93. The van der Waals surface area contributed by atoms with E-state index in [-0.39, 0.29) is 35.6 Å². The average Bonchev–Trinajstić information content (AvgIpc) is 3.58. The first-order valence-electron chi connectivity index (χ1n) is 10.8. The molecule has 1 saturated carbocycles. The summed E-state index contributed by atoms with van der Waals surface area (Å²) in [6.07, 6.45) is 5.37. The lowest BCUT2D eigenvalue weighted by atomic mass is 10.2. The number of halogens is 1. The number of nitrogens with zero attached hydrogens (tertiary/aromatic N) is 4. The number of rotatable bonds is 10. The average molecular weight is 577 g/mol. The van der Waals surface area contributed by atoms with Gasteiger partial charge in [0.1, 0.15) is 0 Å². The summed E-state index contributed by atoms with van der Waals surface area (Å²) in [5.41, 5.74) is 1.02. The molecule has 1 amide bonds. The van der Waals surface area contributed by atoms with Crippen LogP contribution in [-0.4, -0.2) is 83.9 Å². The summed E-state index contributed by atoms with van der Waals surface area (Å²) in [5.74, 6) is 2.08. The molecule has 0 spiro atoms. The second-order valence-electron chi connectivity index (χ2n) is 7.94. The van der Waals surface area contributed by atoms with Crippen LogP contribution in [0.4, 0.5) is 5.69 Å². The normalized spacial score (nSPS) is 16.9. The first-order valence-corrected chi connectivity index (χ1v) is 12.2. The molecule has 1 heterocycles. The maximum absolute atomic E-state index is 12.1. The third-order valence-electron chi connectivity index (χ3n) is 5.35. The fourth-order valence-electron chi connectivity index (χ4n) is 3.40. The molecule has 0 unspecified atom stereocenters. The number of hydrogen-bond acceptors (Lipinski definition) is 6. The van der Waals surface area contributed by atoms with E-state index < -0.39 is 4.92 Å². The Balaban J connectivity index is 0.00000363. The molecule has 1 aromatic rings. The highest BCUT2D eigenvalue weighted by molar-refractivity contribution is 14.0. The van der Waals surface area contributed by atoms with Crippen LogP contribution in [0.5, 0.6) is 0 Å². The minimum atomic E-state index is -0.393. The molecule has 2 aliphatic rings. The van der Waals surface area contributed by atoms with E-state index in [1.54, 1.807) is 12.1 Å². The van der Waals surface area contributed by atoms with Crippen molar-refractivity contribution in [2.75, 3.05) is 51.3 Å². The maximum atomic E-state index is 12.1. The Morgan fingerprint density at radius 2 is 1.91 bits per heavy atom. The van der Waals surface area contributed by atoms with Crippen LogP contribution in [0.3, 0.4) is 0 Å². The van der Waals surface area contributed by atoms with Crippen LogP contribution in [0.25, 0.3) is 0 Å². The van der Waals surface area contributed by atoms with Crippen LogP contribution in [0.15, 0.2) is 29.3 Å².